The van der Waals surface area contributed by atoms with Crippen molar-refractivity contribution in [1.29, 1.82) is 5.26 Å². The number of amides is 1. The first-order valence-corrected chi connectivity index (χ1v) is 10.5. The highest BCUT2D eigenvalue weighted by molar-refractivity contribution is 5.96. The van der Waals surface area contributed by atoms with Crippen LogP contribution in [0.15, 0.2) is 36.7 Å². The van der Waals surface area contributed by atoms with Crippen molar-refractivity contribution in [2.24, 2.45) is 0 Å². The summed E-state index contributed by atoms with van der Waals surface area (Å²) in [6.45, 7) is 4.85. The molecule has 3 aromatic rings. The molecule has 1 fully saturated rings. The molecular weight excluding hydrogens is 376 g/mol. The highest BCUT2D eigenvalue weighted by Crippen LogP contribution is 2.46. The van der Waals surface area contributed by atoms with Gasteiger partial charge in [0.15, 0.2) is 0 Å². The Bertz CT molecular complexity index is 1120. The van der Waals surface area contributed by atoms with Crippen molar-refractivity contribution in [3.63, 3.8) is 0 Å². The van der Waals surface area contributed by atoms with E-state index in [2.05, 4.69) is 20.9 Å². The van der Waals surface area contributed by atoms with Gasteiger partial charge in [-0.1, -0.05) is 12.1 Å². The van der Waals surface area contributed by atoms with Crippen LogP contribution >= 0.6 is 0 Å². The molecule has 0 bridgehead atoms. The smallest absolute Gasteiger partial charge is 0.270 e. The fourth-order valence-corrected chi connectivity index (χ4v) is 4.29. The normalized spacial score (nSPS) is 17.7. The van der Waals surface area contributed by atoms with Crippen molar-refractivity contribution in [2.75, 3.05) is 0 Å². The van der Waals surface area contributed by atoms with E-state index in [-0.39, 0.29) is 18.0 Å². The largest absolute Gasteiger partial charge is 0.346 e. The van der Waals surface area contributed by atoms with Crippen LogP contribution in [0.4, 0.5) is 0 Å². The molecule has 0 radical (unpaired) electrons. The van der Waals surface area contributed by atoms with Crippen LogP contribution in [0, 0.1) is 11.3 Å². The number of carbonyl (C=O) groups excluding carboxylic acids is 1. The topological polar surface area (TPSA) is 88.5 Å². The van der Waals surface area contributed by atoms with Gasteiger partial charge in [0.25, 0.3) is 5.91 Å². The molecule has 0 unspecified atom stereocenters. The third kappa shape index (κ3) is 3.18. The zero-order valence-corrected chi connectivity index (χ0v) is 17.2. The third-order valence-corrected chi connectivity index (χ3v) is 5.91. The lowest BCUT2D eigenvalue weighted by Gasteiger charge is -2.16. The zero-order chi connectivity index (χ0) is 20.8. The second kappa shape index (κ2) is 7.13. The number of rotatable bonds is 5. The van der Waals surface area contributed by atoms with Crippen molar-refractivity contribution in [3.8, 4) is 17.3 Å². The van der Waals surface area contributed by atoms with Crippen molar-refractivity contribution in [2.45, 2.75) is 57.7 Å². The lowest BCUT2D eigenvalue weighted by Crippen LogP contribution is -2.37. The second-order valence-electron chi connectivity index (χ2n) is 8.48. The maximum Gasteiger partial charge on any atom is 0.270 e. The van der Waals surface area contributed by atoms with Gasteiger partial charge in [0.2, 0.25) is 0 Å². The van der Waals surface area contributed by atoms with Gasteiger partial charge in [-0.05, 0) is 44.7 Å². The second-order valence-corrected chi connectivity index (χ2v) is 8.48. The number of benzene rings is 1. The SMILES string of the molecule is CC(C)n1nc(-c2ccc(C#N)cc2)c(C2CC2)c1C(=O)N[C@@H]1Cc2nccn2C1. The summed E-state index contributed by atoms with van der Waals surface area (Å²) in [5.74, 6) is 1.31. The van der Waals surface area contributed by atoms with Crippen LogP contribution in [0.5, 0.6) is 0 Å². The van der Waals surface area contributed by atoms with E-state index in [1.807, 2.05) is 36.9 Å². The molecule has 152 valence electrons. The Balaban J connectivity index is 1.51. The first kappa shape index (κ1) is 18.6. The molecule has 0 saturated heterocycles. The summed E-state index contributed by atoms with van der Waals surface area (Å²) >= 11 is 0. The van der Waals surface area contributed by atoms with E-state index in [0.29, 0.717) is 17.2 Å². The molecule has 0 spiro atoms. The van der Waals surface area contributed by atoms with Gasteiger partial charge >= 0.3 is 0 Å². The lowest BCUT2D eigenvalue weighted by molar-refractivity contribution is 0.0922. The molecule has 1 aliphatic carbocycles. The van der Waals surface area contributed by atoms with Crippen molar-refractivity contribution >= 4 is 5.91 Å². The average Bonchev–Trinajstić information content (AvgIpc) is 3.17. The molecule has 2 aromatic heterocycles. The first-order chi connectivity index (χ1) is 14.5. The highest BCUT2D eigenvalue weighted by Gasteiger charge is 2.37. The van der Waals surface area contributed by atoms with Gasteiger partial charge in [-0.25, -0.2) is 4.98 Å². The molecule has 5 rings (SSSR count). The van der Waals surface area contributed by atoms with Crippen LogP contribution in [0.25, 0.3) is 11.3 Å². The number of nitrogens with zero attached hydrogens (tertiary/aromatic N) is 5. The van der Waals surface area contributed by atoms with E-state index in [9.17, 15) is 4.79 Å². The standard InChI is InChI=1S/C23H24N6O/c1-14(2)29-22(23(30)26-18-11-19-25-9-10-28(19)13-18)20(16-7-8-16)21(27-29)17-5-3-15(12-24)4-6-17/h3-6,9-10,14,16,18H,7-8,11,13H2,1-2H3,(H,26,30)/t18-/m1/s1. The molecule has 1 saturated carbocycles. The number of nitrogens with one attached hydrogen (secondary N) is 1. The van der Waals surface area contributed by atoms with Crippen molar-refractivity contribution in [3.05, 3.63) is 59.3 Å². The molecule has 30 heavy (non-hydrogen) atoms. The number of hydrogen-bond acceptors (Lipinski definition) is 4. The van der Waals surface area contributed by atoms with Crippen LogP contribution in [0.2, 0.25) is 0 Å². The maximum absolute atomic E-state index is 13.5. The van der Waals surface area contributed by atoms with E-state index in [0.717, 1.165) is 48.5 Å². The molecule has 1 N–H and O–H groups in total. The van der Waals surface area contributed by atoms with Gasteiger partial charge in [0.05, 0.1) is 23.4 Å². The van der Waals surface area contributed by atoms with Crippen LogP contribution in [-0.4, -0.2) is 31.3 Å². The van der Waals surface area contributed by atoms with Gasteiger partial charge < -0.3 is 9.88 Å². The summed E-state index contributed by atoms with van der Waals surface area (Å²) in [4.78, 5) is 17.8. The fraction of sp³-hybridized carbons (Fsp3) is 0.391. The number of fused-ring (bicyclic) bond motifs is 1. The first-order valence-electron chi connectivity index (χ1n) is 10.5. The Morgan fingerprint density at radius 2 is 2.03 bits per heavy atom. The minimum absolute atomic E-state index is 0.0436. The summed E-state index contributed by atoms with van der Waals surface area (Å²) in [6.07, 6.45) is 6.66. The molecule has 2 aliphatic rings. The van der Waals surface area contributed by atoms with E-state index >= 15 is 0 Å². The molecule has 1 amide bonds. The summed E-state index contributed by atoms with van der Waals surface area (Å²) in [5.41, 5.74) is 4.15. The van der Waals surface area contributed by atoms with Crippen molar-refractivity contribution in [1.82, 2.24) is 24.6 Å². The lowest BCUT2D eigenvalue weighted by atomic mass is 10.0. The Hall–Kier alpha value is -3.40. The number of imidazole rings is 1. The molecule has 1 atom stereocenters. The monoisotopic (exact) mass is 400 g/mol. The highest BCUT2D eigenvalue weighted by atomic mass is 16.2. The van der Waals surface area contributed by atoms with Gasteiger partial charge in [0, 0.05) is 42.5 Å². The summed E-state index contributed by atoms with van der Waals surface area (Å²) in [5, 5.41) is 17.2. The number of hydrogen-bond donors (Lipinski definition) is 1. The fourth-order valence-electron chi connectivity index (χ4n) is 4.29. The van der Waals surface area contributed by atoms with Crippen LogP contribution in [0.1, 0.15) is 66.1 Å². The Morgan fingerprint density at radius 3 is 2.67 bits per heavy atom. The summed E-state index contributed by atoms with van der Waals surface area (Å²) in [7, 11) is 0. The molecule has 7 nitrogen and oxygen atoms in total. The van der Waals surface area contributed by atoms with E-state index in [1.165, 1.54) is 0 Å². The summed E-state index contributed by atoms with van der Waals surface area (Å²) < 4.78 is 3.96. The van der Waals surface area contributed by atoms with E-state index in [1.54, 1.807) is 18.3 Å². The maximum atomic E-state index is 13.5. The Labute approximate surface area is 175 Å². The van der Waals surface area contributed by atoms with E-state index in [4.69, 9.17) is 10.4 Å². The quantitative estimate of drug-likeness (QED) is 0.711. The number of carbonyl (C=O) groups is 1. The van der Waals surface area contributed by atoms with Gasteiger partial charge in [0.1, 0.15) is 11.5 Å². The molecular formula is C23H24N6O. The molecule has 3 heterocycles. The molecule has 7 heteroatoms. The Kier molecular flexibility index (Phi) is 4.43. The van der Waals surface area contributed by atoms with Crippen molar-refractivity contribution < 1.29 is 4.79 Å². The van der Waals surface area contributed by atoms with E-state index < -0.39 is 0 Å². The summed E-state index contributed by atoms with van der Waals surface area (Å²) in [6, 6.07) is 9.73. The van der Waals surface area contributed by atoms with Crippen LogP contribution in [0.3, 0.4) is 0 Å². The van der Waals surface area contributed by atoms with Crippen LogP contribution < -0.4 is 5.32 Å². The third-order valence-electron chi connectivity index (χ3n) is 5.91. The molecule has 1 aromatic carbocycles. The molecule has 1 aliphatic heterocycles. The number of aromatic nitrogens is 4. The van der Waals surface area contributed by atoms with Gasteiger partial charge in [-0.15, -0.1) is 0 Å². The predicted molar refractivity (Wildman–Crippen MR) is 112 cm³/mol. The van der Waals surface area contributed by atoms with Crippen LogP contribution in [-0.2, 0) is 13.0 Å². The zero-order valence-electron chi connectivity index (χ0n) is 17.2. The van der Waals surface area contributed by atoms with Gasteiger partial charge in [-0.2, -0.15) is 10.4 Å². The number of nitriles is 1. The minimum Gasteiger partial charge on any atom is -0.346 e. The van der Waals surface area contributed by atoms with Gasteiger partial charge in [-0.3, -0.25) is 9.48 Å². The minimum atomic E-state index is -0.0613. The average molecular weight is 400 g/mol. The Morgan fingerprint density at radius 1 is 1.27 bits per heavy atom. The predicted octanol–water partition coefficient (Wildman–Crippen LogP) is 3.43.